The van der Waals surface area contributed by atoms with Gasteiger partial charge in [-0.2, -0.15) is 5.26 Å². The van der Waals surface area contributed by atoms with E-state index in [1.807, 2.05) is 0 Å². The molecule has 2 aromatic heterocycles. The van der Waals surface area contributed by atoms with Gasteiger partial charge in [-0.05, 0) is 25.5 Å². The third kappa shape index (κ3) is 2.83. The molecule has 0 bridgehead atoms. The second-order valence-corrected chi connectivity index (χ2v) is 10.9. The Balaban J connectivity index is 1.80. The number of pyridine rings is 1. The van der Waals surface area contributed by atoms with Crippen LogP contribution in [0.25, 0.3) is 10.4 Å². The molecule has 2 atom stereocenters. The van der Waals surface area contributed by atoms with E-state index in [1.54, 1.807) is 25.3 Å². The third-order valence-electron chi connectivity index (χ3n) is 5.21. The fraction of sp³-hybridized carbons (Fsp3) is 0.389. The van der Waals surface area contributed by atoms with Crippen LogP contribution in [0.15, 0.2) is 29.5 Å². The first kappa shape index (κ1) is 19.3. The largest absolute Gasteiger partial charge is 0.386 e. The van der Waals surface area contributed by atoms with Crippen molar-refractivity contribution in [3.05, 3.63) is 40.0 Å². The number of nitrogens with two attached hydrogens (primary N) is 1. The number of rotatable bonds is 2. The van der Waals surface area contributed by atoms with Crippen molar-refractivity contribution in [3.63, 3.8) is 0 Å². The number of nitrogens with zero attached hydrogens (tertiary/aromatic N) is 3. The number of halogens is 1. The Morgan fingerprint density at radius 1 is 1.39 bits per heavy atom. The number of ether oxygens (including phenoxy) is 1. The number of amidine groups is 1. The van der Waals surface area contributed by atoms with Crippen molar-refractivity contribution in [2.24, 2.45) is 10.7 Å². The number of aromatic nitrogens is 1. The minimum absolute atomic E-state index is 0.0385. The van der Waals surface area contributed by atoms with Crippen LogP contribution in [-0.2, 0) is 20.1 Å². The van der Waals surface area contributed by atoms with Crippen LogP contribution < -0.4 is 5.73 Å². The normalized spacial score (nSPS) is 28.8. The Morgan fingerprint density at radius 2 is 2.18 bits per heavy atom. The molecular formula is C18H17ClN4O3S2. The van der Waals surface area contributed by atoms with Gasteiger partial charge in [-0.3, -0.25) is 9.98 Å². The highest BCUT2D eigenvalue weighted by molar-refractivity contribution is 7.93. The van der Waals surface area contributed by atoms with Crippen molar-refractivity contribution < 1.29 is 13.2 Å². The molecule has 0 aliphatic carbocycles. The number of hydrogen-bond donors (Lipinski definition) is 1. The van der Waals surface area contributed by atoms with Crippen molar-refractivity contribution in [2.45, 2.75) is 23.6 Å². The molecule has 10 heteroatoms. The van der Waals surface area contributed by atoms with E-state index in [1.165, 1.54) is 17.5 Å². The Hall–Kier alpha value is -1.99. The summed E-state index contributed by atoms with van der Waals surface area (Å²) in [5.74, 6) is -0.113. The van der Waals surface area contributed by atoms with Crippen LogP contribution in [-0.4, -0.2) is 43.0 Å². The summed E-state index contributed by atoms with van der Waals surface area (Å²) in [6.07, 6.45) is 3.43. The molecule has 0 unspecified atom stereocenters. The molecule has 2 aliphatic rings. The molecule has 1 saturated heterocycles. The lowest BCUT2D eigenvalue weighted by atomic mass is 10.0. The number of thiophene rings is 1. The van der Waals surface area contributed by atoms with Gasteiger partial charge in [0, 0.05) is 29.4 Å². The summed E-state index contributed by atoms with van der Waals surface area (Å²) < 4.78 is 30.4. The molecule has 7 nitrogen and oxygen atoms in total. The average molecular weight is 437 g/mol. The van der Waals surface area contributed by atoms with E-state index >= 15 is 0 Å². The van der Waals surface area contributed by atoms with Gasteiger partial charge in [-0.1, -0.05) is 11.6 Å². The van der Waals surface area contributed by atoms with Crippen LogP contribution >= 0.6 is 22.9 Å². The van der Waals surface area contributed by atoms with E-state index < -0.39 is 20.1 Å². The zero-order valence-corrected chi connectivity index (χ0v) is 17.4. The van der Waals surface area contributed by atoms with Crippen molar-refractivity contribution in [1.82, 2.24) is 4.98 Å². The zero-order chi connectivity index (χ0) is 20.2. The van der Waals surface area contributed by atoms with E-state index in [4.69, 9.17) is 27.3 Å². The lowest BCUT2D eigenvalue weighted by molar-refractivity contribution is 0.194. The van der Waals surface area contributed by atoms with Crippen LogP contribution in [0.3, 0.4) is 0 Å². The maximum Gasteiger partial charge on any atom is 0.168 e. The lowest BCUT2D eigenvalue weighted by Crippen LogP contribution is -2.58. The minimum atomic E-state index is -3.60. The van der Waals surface area contributed by atoms with Crippen molar-refractivity contribution >= 4 is 38.6 Å². The Labute approximate surface area is 171 Å². The summed E-state index contributed by atoms with van der Waals surface area (Å²) in [5.41, 5.74) is 6.25. The molecule has 28 heavy (non-hydrogen) atoms. The van der Waals surface area contributed by atoms with Crippen LogP contribution in [0.4, 0.5) is 0 Å². The van der Waals surface area contributed by atoms with E-state index in [0.29, 0.717) is 28.5 Å². The minimum Gasteiger partial charge on any atom is -0.386 e. The molecule has 0 saturated carbocycles. The average Bonchev–Trinajstić information content (AvgIpc) is 3.28. The standard InChI is InChI=1S/C18H17ClN4O3S2/c1-17(10-28(24,25)18(16(21)23-17)2-3-26-9-18)15-13(19)5-14(27-15)12-4-11(6-20)7-22-8-12/h4-5,7-8H,2-3,9-10H2,1H3,(H2,21,23)/t17-,18+/m1/s1. The summed E-state index contributed by atoms with van der Waals surface area (Å²) >= 11 is 7.81. The monoisotopic (exact) mass is 436 g/mol. The van der Waals surface area contributed by atoms with Gasteiger partial charge < -0.3 is 10.5 Å². The van der Waals surface area contributed by atoms with Crippen molar-refractivity contribution in [3.8, 4) is 16.5 Å². The van der Waals surface area contributed by atoms with E-state index in [2.05, 4.69) is 16.0 Å². The molecule has 4 heterocycles. The van der Waals surface area contributed by atoms with Crippen LogP contribution in [0.5, 0.6) is 0 Å². The van der Waals surface area contributed by atoms with Gasteiger partial charge in [0.05, 0.1) is 27.8 Å². The Kier molecular flexibility index (Phi) is 4.50. The van der Waals surface area contributed by atoms with E-state index in [-0.39, 0.29) is 18.2 Å². The predicted octanol–water partition coefficient (Wildman–Crippen LogP) is 2.50. The number of aliphatic imine (C=N–C) groups is 1. The fourth-order valence-corrected chi connectivity index (χ4v) is 7.64. The van der Waals surface area contributed by atoms with Gasteiger partial charge in [0.2, 0.25) is 0 Å². The maximum absolute atomic E-state index is 13.2. The maximum atomic E-state index is 13.2. The molecule has 0 aromatic carbocycles. The summed E-state index contributed by atoms with van der Waals surface area (Å²) in [4.78, 5) is 10.1. The highest BCUT2D eigenvalue weighted by Crippen LogP contribution is 2.47. The first-order valence-corrected chi connectivity index (χ1v) is 11.4. The molecule has 0 amide bonds. The molecule has 146 valence electrons. The Bertz CT molecular complexity index is 1130. The van der Waals surface area contributed by atoms with Crippen LogP contribution in [0.1, 0.15) is 23.8 Å². The van der Waals surface area contributed by atoms with Gasteiger partial charge in [0.15, 0.2) is 14.6 Å². The van der Waals surface area contributed by atoms with Crippen molar-refractivity contribution in [1.29, 1.82) is 5.26 Å². The summed E-state index contributed by atoms with van der Waals surface area (Å²) in [6.45, 7) is 2.11. The highest BCUT2D eigenvalue weighted by atomic mass is 35.5. The quantitative estimate of drug-likeness (QED) is 0.772. The molecule has 0 radical (unpaired) electrons. The number of hydrogen-bond acceptors (Lipinski definition) is 8. The number of sulfone groups is 1. The third-order valence-corrected chi connectivity index (χ3v) is 9.72. The molecular weight excluding hydrogens is 420 g/mol. The zero-order valence-electron chi connectivity index (χ0n) is 15.0. The second kappa shape index (κ2) is 6.52. The van der Waals surface area contributed by atoms with Gasteiger partial charge in [-0.15, -0.1) is 11.3 Å². The molecule has 4 rings (SSSR count). The molecule has 2 N–H and O–H groups in total. The van der Waals surface area contributed by atoms with Gasteiger partial charge in [-0.25, -0.2) is 8.42 Å². The van der Waals surface area contributed by atoms with E-state index in [0.717, 1.165) is 10.4 Å². The summed E-state index contributed by atoms with van der Waals surface area (Å²) in [6, 6.07) is 5.51. The smallest absolute Gasteiger partial charge is 0.168 e. The molecule has 2 aliphatic heterocycles. The van der Waals surface area contributed by atoms with Gasteiger partial charge in [0.25, 0.3) is 0 Å². The molecule has 1 fully saturated rings. The highest BCUT2D eigenvalue weighted by Gasteiger charge is 2.57. The molecule has 2 aromatic rings. The summed E-state index contributed by atoms with van der Waals surface area (Å²) in [5, 5.41) is 9.49. The van der Waals surface area contributed by atoms with Gasteiger partial charge in [0.1, 0.15) is 17.4 Å². The lowest BCUT2D eigenvalue weighted by Gasteiger charge is -2.38. The molecule has 1 spiro atoms. The predicted molar refractivity (Wildman–Crippen MR) is 108 cm³/mol. The Morgan fingerprint density at radius 3 is 2.82 bits per heavy atom. The summed E-state index contributed by atoms with van der Waals surface area (Å²) in [7, 11) is -3.60. The second-order valence-electron chi connectivity index (χ2n) is 7.19. The fourth-order valence-electron chi connectivity index (χ4n) is 3.69. The van der Waals surface area contributed by atoms with Crippen molar-refractivity contribution in [2.75, 3.05) is 19.0 Å². The SMILES string of the molecule is C[C@]1(c2sc(-c3cncc(C#N)c3)cc2Cl)CS(=O)(=O)[C@]2(CCOC2)C(N)=N1. The topological polar surface area (TPSA) is 118 Å². The van der Waals surface area contributed by atoms with E-state index in [9.17, 15) is 8.42 Å². The number of nitriles is 1. The first-order valence-electron chi connectivity index (χ1n) is 8.52. The van der Waals surface area contributed by atoms with Gasteiger partial charge >= 0.3 is 0 Å². The van der Waals surface area contributed by atoms with Crippen LogP contribution in [0, 0.1) is 11.3 Å². The first-order chi connectivity index (χ1) is 13.2. The van der Waals surface area contributed by atoms with Crippen LogP contribution in [0.2, 0.25) is 5.02 Å².